The second kappa shape index (κ2) is 13.0. The molecule has 2 amide bonds. The number of benzene rings is 2. The van der Waals surface area contributed by atoms with Crippen LogP contribution in [0.4, 0.5) is 11.6 Å². The van der Waals surface area contributed by atoms with E-state index < -0.39 is 0 Å². The van der Waals surface area contributed by atoms with Gasteiger partial charge in [0.25, 0.3) is 0 Å². The second-order valence-corrected chi connectivity index (χ2v) is 9.97. The van der Waals surface area contributed by atoms with Crippen LogP contribution in [0.1, 0.15) is 53.6 Å². The third kappa shape index (κ3) is 7.02. The molecule has 1 aliphatic rings. The number of hydrogen-bond donors (Lipinski definition) is 2. The number of nitrogens with one attached hydrogen (secondary N) is 2. The van der Waals surface area contributed by atoms with E-state index in [0.717, 1.165) is 41.8 Å². The summed E-state index contributed by atoms with van der Waals surface area (Å²) in [7, 11) is 3.17. The normalized spacial score (nSPS) is 16.1. The SMILES string of the molecule is COc1ccccc1CC(=O)Nc1ccc([C@H]2CC[C@H](c3ccc(NC(=O)Cc4ccccc4OC)nn3)C2)nn1. The summed E-state index contributed by atoms with van der Waals surface area (Å²) in [5.41, 5.74) is 3.40. The first-order valence-corrected chi connectivity index (χ1v) is 13.5. The number of hydrogen-bond acceptors (Lipinski definition) is 8. The highest BCUT2D eigenvalue weighted by Gasteiger charge is 2.29. The topological polar surface area (TPSA) is 128 Å². The number of para-hydroxylation sites is 2. The lowest BCUT2D eigenvalue weighted by Crippen LogP contribution is -2.16. The first kappa shape index (κ1) is 27.7. The highest BCUT2D eigenvalue weighted by atomic mass is 16.5. The number of aromatic nitrogens is 4. The Bertz CT molecular complexity index is 1380. The molecule has 0 bridgehead atoms. The number of ether oxygens (including phenoxy) is 2. The minimum Gasteiger partial charge on any atom is -0.496 e. The fourth-order valence-electron chi connectivity index (χ4n) is 5.19. The molecule has 2 heterocycles. The van der Waals surface area contributed by atoms with Gasteiger partial charge in [0.1, 0.15) is 11.5 Å². The van der Waals surface area contributed by atoms with Gasteiger partial charge >= 0.3 is 0 Å². The average molecular weight is 553 g/mol. The molecule has 41 heavy (non-hydrogen) atoms. The van der Waals surface area contributed by atoms with E-state index in [1.54, 1.807) is 26.4 Å². The Morgan fingerprint density at radius 1 is 0.659 bits per heavy atom. The zero-order valence-corrected chi connectivity index (χ0v) is 23.0. The van der Waals surface area contributed by atoms with Crippen LogP contribution in [0.2, 0.25) is 0 Å². The van der Waals surface area contributed by atoms with Gasteiger partial charge in [-0.1, -0.05) is 36.4 Å². The first-order valence-electron chi connectivity index (χ1n) is 13.5. The fourth-order valence-corrected chi connectivity index (χ4v) is 5.19. The Kier molecular flexibility index (Phi) is 8.78. The molecule has 1 aliphatic carbocycles. The summed E-state index contributed by atoms with van der Waals surface area (Å²) < 4.78 is 10.6. The molecule has 210 valence electrons. The summed E-state index contributed by atoms with van der Waals surface area (Å²) in [5.74, 6) is 2.29. The van der Waals surface area contributed by atoms with Crippen LogP contribution >= 0.6 is 0 Å². The van der Waals surface area contributed by atoms with Gasteiger partial charge in [0.2, 0.25) is 11.8 Å². The zero-order valence-electron chi connectivity index (χ0n) is 23.0. The Hall–Kier alpha value is -4.86. The van der Waals surface area contributed by atoms with E-state index in [-0.39, 0.29) is 36.5 Å². The van der Waals surface area contributed by atoms with Crippen LogP contribution < -0.4 is 20.1 Å². The van der Waals surface area contributed by atoms with Crippen molar-refractivity contribution >= 4 is 23.5 Å². The van der Waals surface area contributed by atoms with Crippen molar-refractivity contribution < 1.29 is 19.1 Å². The molecule has 4 aromatic rings. The molecule has 2 aromatic carbocycles. The fraction of sp³-hybridized carbons (Fsp3) is 0.290. The lowest BCUT2D eigenvalue weighted by molar-refractivity contribution is -0.116. The van der Waals surface area contributed by atoms with Gasteiger partial charge in [-0.05, 0) is 55.7 Å². The van der Waals surface area contributed by atoms with E-state index >= 15 is 0 Å². The van der Waals surface area contributed by atoms with Crippen LogP contribution in [0, 0.1) is 0 Å². The van der Waals surface area contributed by atoms with Crippen molar-refractivity contribution in [1.82, 2.24) is 20.4 Å². The number of amides is 2. The van der Waals surface area contributed by atoms with Gasteiger partial charge < -0.3 is 20.1 Å². The molecule has 10 nitrogen and oxygen atoms in total. The van der Waals surface area contributed by atoms with Crippen molar-refractivity contribution in [1.29, 1.82) is 0 Å². The Morgan fingerprint density at radius 3 is 1.49 bits per heavy atom. The molecule has 1 saturated carbocycles. The molecule has 10 heteroatoms. The summed E-state index contributed by atoms with van der Waals surface area (Å²) in [6.45, 7) is 0. The van der Waals surface area contributed by atoms with Crippen LogP contribution in [0.25, 0.3) is 0 Å². The van der Waals surface area contributed by atoms with E-state index in [0.29, 0.717) is 23.1 Å². The lowest BCUT2D eigenvalue weighted by Gasteiger charge is -2.12. The van der Waals surface area contributed by atoms with Gasteiger partial charge in [-0.3, -0.25) is 9.59 Å². The van der Waals surface area contributed by atoms with E-state index in [1.807, 2.05) is 60.7 Å². The molecule has 0 radical (unpaired) electrons. The maximum atomic E-state index is 12.5. The number of nitrogens with zero attached hydrogens (tertiary/aromatic N) is 4. The Labute approximate surface area is 238 Å². The standard InChI is InChI=1S/C31H32N6O4/c1-40-26-9-5-3-7-22(26)18-30(38)32-28-15-13-24(34-36-28)20-11-12-21(17-20)25-14-16-29(37-35-25)33-31(39)19-23-8-4-6-10-27(23)41-2/h3-10,13-16,20-21H,11-12,17-19H2,1-2H3,(H,32,36,38)(H,33,37,39)/t20-,21-/m0/s1. The molecule has 2 aromatic heterocycles. The highest BCUT2D eigenvalue weighted by molar-refractivity contribution is 5.92. The number of carbonyl (C=O) groups is 2. The zero-order chi connectivity index (χ0) is 28.6. The summed E-state index contributed by atoms with van der Waals surface area (Å²) in [6.07, 6.45) is 3.16. The molecule has 0 saturated heterocycles. The third-order valence-corrected chi connectivity index (χ3v) is 7.26. The second-order valence-electron chi connectivity index (χ2n) is 9.97. The van der Waals surface area contributed by atoms with Gasteiger partial charge in [0.05, 0.1) is 38.4 Å². The van der Waals surface area contributed by atoms with Crippen LogP contribution in [0.5, 0.6) is 11.5 Å². The van der Waals surface area contributed by atoms with E-state index in [4.69, 9.17) is 9.47 Å². The summed E-state index contributed by atoms with van der Waals surface area (Å²) >= 11 is 0. The average Bonchev–Trinajstić information content (AvgIpc) is 3.49. The van der Waals surface area contributed by atoms with Crippen LogP contribution in [-0.4, -0.2) is 46.4 Å². The largest absolute Gasteiger partial charge is 0.496 e. The quantitative estimate of drug-likeness (QED) is 0.290. The van der Waals surface area contributed by atoms with E-state index in [9.17, 15) is 9.59 Å². The lowest BCUT2D eigenvalue weighted by atomic mass is 9.99. The Balaban J connectivity index is 1.12. The molecule has 2 atom stereocenters. The Morgan fingerprint density at radius 2 is 1.10 bits per heavy atom. The van der Waals surface area contributed by atoms with Gasteiger partial charge in [-0.25, -0.2) is 0 Å². The first-order chi connectivity index (χ1) is 20.0. The van der Waals surface area contributed by atoms with E-state index in [1.165, 1.54) is 0 Å². The number of anilines is 2. The van der Waals surface area contributed by atoms with Crippen molar-refractivity contribution in [2.45, 2.75) is 43.9 Å². The van der Waals surface area contributed by atoms with Crippen molar-refractivity contribution in [3.63, 3.8) is 0 Å². The maximum absolute atomic E-state index is 12.5. The molecule has 0 spiro atoms. The van der Waals surface area contributed by atoms with Crippen molar-refractivity contribution in [2.24, 2.45) is 0 Å². The smallest absolute Gasteiger partial charge is 0.230 e. The highest BCUT2D eigenvalue weighted by Crippen LogP contribution is 2.42. The van der Waals surface area contributed by atoms with Crippen LogP contribution in [-0.2, 0) is 22.4 Å². The maximum Gasteiger partial charge on any atom is 0.230 e. The number of methoxy groups -OCH3 is 2. The van der Waals surface area contributed by atoms with Crippen molar-refractivity contribution in [3.8, 4) is 11.5 Å². The molecular formula is C31H32N6O4. The van der Waals surface area contributed by atoms with Crippen molar-refractivity contribution in [3.05, 3.63) is 95.3 Å². The predicted octanol–water partition coefficient (Wildman–Crippen LogP) is 4.70. The summed E-state index contributed by atoms with van der Waals surface area (Å²) in [4.78, 5) is 25.0. The number of carbonyl (C=O) groups excluding carboxylic acids is 2. The van der Waals surface area contributed by atoms with Gasteiger partial charge in [0, 0.05) is 23.0 Å². The summed E-state index contributed by atoms with van der Waals surface area (Å²) in [6, 6.07) is 22.3. The van der Waals surface area contributed by atoms with Crippen LogP contribution in [0.15, 0.2) is 72.8 Å². The minimum absolute atomic E-state index is 0.184. The minimum atomic E-state index is -0.185. The van der Waals surface area contributed by atoms with Crippen molar-refractivity contribution in [2.75, 3.05) is 24.9 Å². The molecule has 1 fully saturated rings. The van der Waals surface area contributed by atoms with Gasteiger partial charge in [-0.15, -0.1) is 10.2 Å². The molecule has 2 N–H and O–H groups in total. The molecule has 0 aliphatic heterocycles. The third-order valence-electron chi connectivity index (χ3n) is 7.26. The summed E-state index contributed by atoms with van der Waals surface area (Å²) in [5, 5.41) is 22.9. The number of rotatable bonds is 10. The van der Waals surface area contributed by atoms with E-state index in [2.05, 4.69) is 31.0 Å². The van der Waals surface area contributed by atoms with Crippen LogP contribution in [0.3, 0.4) is 0 Å². The predicted molar refractivity (Wildman–Crippen MR) is 154 cm³/mol. The molecule has 5 rings (SSSR count). The van der Waals surface area contributed by atoms with Gasteiger partial charge in [0.15, 0.2) is 11.6 Å². The molecular weight excluding hydrogens is 520 g/mol. The monoisotopic (exact) mass is 552 g/mol. The van der Waals surface area contributed by atoms with Gasteiger partial charge in [-0.2, -0.15) is 10.2 Å². The molecule has 0 unspecified atom stereocenters.